The number of benzene rings is 1. The van der Waals surface area contributed by atoms with Crippen molar-refractivity contribution in [3.05, 3.63) is 41.5 Å². The van der Waals surface area contributed by atoms with E-state index in [0.717, 1.165) is 64.6 Å². The van der Waals surface area contributed by atoms with Gasteiger partial charge in [-0.2, -0.15) is 0 Å². The summed E-state index contributed by atoms with van der Waals surface area (Å²) < 4.78 is 5.37. The zero-order valence-corrected chi connectivity index (χ0v) is 16.1. The molecule has 1 saturated heterocycles. The molecule has 3 rings (SSSR count). The molecule has 1 fully saturated rings. The fourth-order valence-electron chi connectivity index (χ4n) is 3.49. The van der Waals surface area contributed by atoms with Crippen molar-refractivity contribution < 1.29 is 4.74 Å². The Hall–Kier alpha value is -2.01. The average Bonchev–Trinajstić information content (AvgIpc) is 3.12. The van der Waals surface area contributed by atoms with Crippen molar-refractivity contribution >= 4 is 11.6 Å². The number of hydrogen-bond donors (Lipinski definition) is 2. The summed E-state index contributed by atoms with van der Waals surface area (Å²) in [6.45, 7) is 9.69. The highest BCUT2D eigenvalue weighted by molar-refractivity contribution is 5.80. The fraction of sp³-hybridized carbons (Fsp3) is 0.571. The molecule has 2 N–H and O–H groups in total. The molecule has 2 heterocycles. The average molecular weight is 357 g/mol. The zero-order chi connectivity index (χ0) is 18.2. The Bertz CT molecular complexity index is 623. The highest BCUT2D eigenvalue weighted by Crippen LogP contribution is 2.20. The molecule has 1 aromatic rings. The third-order valence-electron chi connectivity index (χ3n) is 5.03. The van der Waals surface area contributed by atoms with Gasteiger partial charge in [0.25, 0.3) is 0 Å². The number of nitrogens with zero attached hydrogens (tertiary/aromatic N) is 2. The lowest BCUT2D eigenvalue weighted by Crippen LogP contribution is -2.44. The van der Waals surface area contributed by atoms with Crippen LogP contribution in [-0.2, 0) is 4.74 Å². The molecule has 1 aromatic carbocycles. The lowest BCUT2D eigenvalue weighted by molar-refractivity contribution is 0.153. The second-order valence-corrected chi connectivity index (χ2v) is 7.11. The van der Waals surface area contributed by atoms with Crippen LogP contribution in [0.3, 0.4) is 0 Å². The molecule has 0 radical (unpaired) electrons. The van der Waals surface area contributed by atoms with Crippen LogP contribution in [0.1, 0.15) is 31.7 Å². The van der Waals surface area contributed by atoms with Crippen molar-refractivity contribution in [1.29, 1.82) is 0 Å². The van der Waals surface area contributed by atoms with Gasteiger partial charge in [0.05, 0.1) is 13.2 Å². The third-order valence-corrected chi connectivity index (χ3v) is 5.03. The van der Waals surface area contributed by atoms with Crippen LogP contribution in [0.5, 0.6) is 0 Å². The van der Waals surface area contributed by atoms with E-state index in [1.807, 2.05) is 0 Å². The Kier molecular flexibility index (Phi) is 6.95. The lowest BCUT2D eigenvalue weighted by Gasteiger charge is -2.20. The van der Waals surface area contributed by atoms with Crippen molar-refractivity contribution in [2.24, 2.45) is 4.99 Å². The van der Waals surface area contributed by atoms with Gasteiger partial charge in [0.1, 0.15) is 0 Å². The smallest absolute Gasteiger partial charge is 0.191 e. The summed E-state index contributed by atoms with van der Waals surface area (Å²) in [6, 6.07) is 9.26. The van der Waals surface area contributed by atoms with Crippen molar-refractivity contribution in [3.63, 3.8) is 0 Å². The molecule has 0 saturated carbocycles. The van der Waals surface area contributed by atoms with E-state index in [0.29, 0.717) is 6.04 Å². The van der Waals surface area contributed by atoms with E-state index in [2.05, 4.69) is 59.7 Å². The summed E-state index contributed by atoms with van der Waals surface area (Å²) in [5.41, 5.74) is 4.10. The minimum absolute atomic E-state index is 0.441. The molecule has 0 aromatic heterocycles. The summed E-state index contributed by atoms with van der Waals surface area (Å²) in [5.74, 6) is 0.941. The van der Waals surface area contributed by atoms with Crippen LogP contribution < -0.4 is 15.5 Å². The van der Waals surface area contributed by atoms with E-state index in [1.165, 1.54) is 16.8 Å². The van der Waals surface area contributed by atoms with E-state index in [9.17, 15) is 0 Å². The largest absolute Gasteiger partial charge is 0.377 e. The summed E-state index contributed by atoms with van der Waals surface area (Å²) in [7, 11) is 0. The van der Waals surface area contributed by atoms with E-state index in [-0.39, 0.29) is 0 Å². The minimum atomic E-state index is 0.441. The Morgan fingerprint density at radius 1 is 1.31 bits per heavy atom. The quantitative estimate of drug-likeness (QED) is 0.467. The molecular weight excluding hydrogens is 324 g/mol. The predicted octanol–water partition coefficient (Wildman–Crippen LogP) is 2.87. The Labute approximate surface area is 157 Å². The molecule has 0 spiro atoms. The first-order valence-corrected chi connectivity index (χ1v) is 9.86. The molecule has 2 aliphatic rings. The third kappa shape index (κ3) is 5.49. The summed E-state index contributed by atoms with van der Waals surface area (Å²) in [6.07, 6.45) is 5.42. The van der Waals surface area contributed by atoms with Crippen LogP contribution in [-0.4, -0.2) is 51.4 Å². The highest BCUT2D eigenvalue weighted by atomic mass is 16.5. The highest BCUT2D eigenvalue weighted by Gasteiger charge is 2.23. The van der Waals surface area contributed by atoms with Crippen LogP contribution in [0.25, 0.3) is 0 Å². The maximum atomic E-state index is 5.37. The maximum absolute atomic E-state index is 5.37. The van der Waals surface area contributed by atoms with Gasteiger partial charge in [0.15, 0.2) is 5.96 Å². The van der Waals surface area contributed by atoms with Gasteiger partial charge < -0.3 is 20.3 Å². The van der Waals surface area contributed by atoms with Crippen molar-refractivity contribution in [3.8, 4) is 0 Å². The molecule has 5 heteroatoms. The molecule has 2 aliphatic heterocycles. The molecule has 0 bridgehead atoms. The first kappa shape index (κ1) is 18.8. The van der Waals surface area contributed by atoms with Crippen LogP contribution in [0.4, 0.5) is 5.69 Å². The Morgan fingerprint density at radius 2 is 2.15 bits per heavy atom. The number of anilines is 1. The van der Waals surface area contributed by atoms with Crippen LogP contribution >= 0.6 is 0 Å². The van der Waals surface area contributed by atoms with Crippen molar-refractivity contribution in [1.82, 2.24) is 10.6 Å². The van der Waals surface area contributed by atoms with Crippen LogP contribution in [0.15, 0.2) is 40.9 Å². The van der Waals surface area contributed by atoms with E-state index in [1.54, 1.807) is 0 Å². The predicted molar refractivity (Wildman–Crippen MR) is 109 cm³/mol. The number of aryl methyl sites for hydroxylation is 1. The minimum Gasteiger partial charge on any atom is -0.377 e. The second kappa shape index (κ2) is 9.62. The Morgan fingerprint density at radius 3 is 2.88 bits per heavy atom. The molecule has 0 aliphatic carbocycles. The van der Waals surface area contributed by atoms with Crippen molar-refractivity contribution in [2.45, 2.75) is 39.2 Å². The van der Waals surface area contributed by atoms with E-state index >= 15 is 0 Å². The number of rotatable bonds is 6. The van der Waals surface area contributed by atoms with Gasteiger partial charge in [-0.3, -0.25) is 4.99 Å². The standard InChI is InChI=1S/C21H32N4O/c1-3-22-21(23-12-8-18-10-14-26-15-11-18)24-19-9-13-25(16-19)20-6-4-17(2)5-7-20/h4-7,10,19H,3,8-9,11-16H2,1-2H3,(H2,22,23,24). The molecule has 1 atom stereocenters. The number of hydrogen-bond acceptors (Lipinski definition) is 3. The van der Waals surface area contributed by atoms with E-state index < -0.39 is 0 Å². The normalized spacial score (nSPS) is 20.8. The van der Waals surface area contributed by atoms with Gasteiger partial charge in [-0.25, -0.2) is 0 Å². The van der Waals surface area contributed by atoms with Gasteiger partial charge in [-0.05, 0) is 45.2 Å². The molecule has 26 heavy (non-hydrogen) atoms. The van der Waals surface area contributed by atoms with Gasteiger partial charge >= 0.3 is 0 Å². The molecule has 142 valence electrons. The molecule has 1 unspecified atom stereocenters. The number of ether oxygens (including phenoxy) is 1. The first-order chi connectivity index (χ1) is 12.7. The molecule has 5 nitrogen and oxygen atoms in total. The topological polar surface area (TPSA) is 48.9 Å². The maximum Gasteiger partial charge on any atom is 0.191 e. The van der Waals surface area contributed by atoms with Gasteiger partial charge in [-0.15, -0.1) is 0 Å². The van der Waals surface area contributed by atoms with Crippen LogP contribution in [0.2, 0.25) is 0 Å². The van der Waals surface area contributed by atoms with Gasteiger partial charge in [-0.1, -0.05) is 29.3 Å². The first-order valence-electron chi connectivity index (χ1n) is 9.86. The SMILES string of the molecule is CCNC(=NCCC1=CCOCC1)NC1CCN(c2ccc(C)cc2)C1. The number of nitrogens with one attached hydrogen (secondary N) is 2. The zero-order valence-electron chi connectivity index (χ0n) is 16.1. The lowest BCUT2D eigenvalue weighted by atomic mass is 10.1. The summed E-state index contributed by atoms with van der Waals surface area (Å²) >= 11 is 0. The molecular formula is C21H32N4O. The van der Waals surface area contributed by atoms with Gasteiger partial charge in [0, 0.05) is 37.9 Å². The monoisotopic (exact) mass is 356 g/mol. The van der Waals surface area contributed by atoms with E-state index in [4.69, 9.17) is 9.73 Å². The summed E-state index contributed by atoms with van der Waals surface area (Å²) in [4.78, 5) is 7.23. The fourth-order valence-corrected chi connectivity index (χ4v) is 3.49. The second-order valence-electron chi connectivity index (χ2n) is 7.11. The molecule has 0 amide bonds. The number of guanidine groups is 1. The summed E-state index contributed by atoms with van der Waals surface area (Å²) in [5, 5.41) is 7.00. The number of aliphatic imine (C=N–C) groups is 1. The Balaban J connectivity index is 1.50. The van der Waals surface area contributed by atoms with Crippen LogP contribution in [0, 0.1) is 6.92 Å². The van der Waals surface area contributed by atoms with Crippen molar-refractivity contribution in [2.75, 3.05) is 44.3 Å². The van der Waals surface area contributed by atoms with Gasteiger partial charge in [0.2, 0.25) is 0 Å².